The fourth-order valence-electron chi connectivity index (χ4n) is 2.70. The molecule has 0 aliphatic rings. The third kappa shape index (κ3) is 2.41. The Hall–Kier alpha value is -2.14. The number of hydrogen-bond donors (Lipinski definition) is 0. The number of benzene rings is 1. The van der Waals surface area contributed by atoms with Crippen molar-refractivity contribution in [2.45, 2.75) is 25.3 Å². The summed E-state index contributed by atoms with van der Waals surface area (Å²) in [4.78, 5) is 20.7. The lowest BCUT2D eigenvalue weighted by Crippen LogP contribution is -1.98. The van der Waals surface area contributed by atoms with Crippen LogP contribution in [0.5, 0.6) is 0 Å². The zero-order valence-corrected chi connectivity index (χ0v) is 13.6. The monoisotopic (exact) mass is 311 g/mol. The number of nitrogens with zero attached hydrogens (tertiary/aromatic N) is 3. The number of thioether (sulfide) groups is 1. The molecule has 22 heavy (non-hydrogen) atoms. The molecule has 5 heteroatoms. The van der Waals surface area contributed by atoms with Gasteiger partial charge in [-0.2, -0.15) is 0 Å². The lowest BCUT2D eigenvalue weighted by Gasteiger charge is -2.10. The van der Waals surface area contributed by atoms with Gasteiger partial charge in [0, 0.05) is 23.5 Å². The fraction of sp³-hybridized carbons (Fsp3) is 0.235. The Kier molecular flexibility index (Phi) is 3.98. The van der Waals surface area contributed by atoms with Crippen LogP contribution in [0.4, 0.5) is 0 Å². The van der Waals surface area contributed by atoms with Crippen LogP contribution in [0, 0.1) is 6.92 Å². The predicted molar refractivity (Wildman–Crippen MR) is 89.7 cm³/mol. The van der Waals surface area contributed by atoms with Gasteiger partial charge in [-0.1, -0.05) is 19.1 Å². The van der Waals surface area contributed by atoms with Crippen LogP contribution in [-0.4, -0.2) is 26.9 Å². The molecule has 0 unspecified atom stereocenters. The molecule has 3 aromatic rings. The number of fused-ring (bicyclic) bond motifs is 1. The van der Waals surface area contributed by atoms with Gasteiger partial charge in [-0.25, -0.2) is 9.97 Å². The van der Waals surface area contributed by atoms with E-state index >= 15 is 0 Å². The van der Waals surface area contributed by atoms with Crippen molar-refractivity contribution >= 4 is 23.8 Å². The second-order valence-electron chi connectivity index (χ2n) is 5.10. The van der Waals surface area contributed by atoms with E-state index in [-0.39, 0.29) is 0 Å². The first-order valence-corrected chi connectivity index (χ1v) is 8.38. The Bertz CT molecular complexity index is 854. The van der Waals surface area contributed by atoms with Gasteiger partial charge in [0.1, 0.15) is 5.03 Å². The standard InChI is InChI=1S/C17H17N3OS/c1-4-12-11(2)5-6-13(14(12)10-21)15-9-20-8-7-16(22-3)19-17(20)18-15/h5-10H,4H2,1-3H3. The van der Waals surface area contributed by atoms with Gasteiger partial charge < -0.3 is 0 Å². The molecule has 0 N–H and O–H groups in total. The fourth-order valence-corrected chi connectivity index (χ4v) is 3.07. The highest BCUT2D eigenvalue weighted by molar-refractivity contribution is 7.98. The van der Waals surface area contributed by atoms with Crippen molar-refractivity contribution in [3.63, 3.8) is 0 Å². The Morgan fingerprint density at radius 1 is 1.27 bits per heavy atom. The molecular weight excluding hydrogens is 294 g/mol. The first-order chi connectivity index (χ1) is 10.7. The topological polar surface area (TPSA) is 47.3 Å². The van der Waals surface area contributed by atoms with Crippen molar-refractivity contribution in [2.75, 3.05) is 6.26 Å². The summed E-state index contributed by atoms with van der Waals surface area (Å²) in [6, 6.07) is 5.97. The summed E-state index contributed by atoms with van der Waals surface area (Å²) in [6.45, 7) is 4.10. The van der Waals surface area contributed by atoms with E-state index in [0.717, 1.165) is 45.7 Å². The molecule has 0 spiro atoms. The number of carbonyl (C=O) groups excluding carboxylic acids is 1. The first-order valence-electron chi connectivity index (χ1n) is 7.15. The van der Waals surface area contributed by atoms with Crippen LogP contribution in [-0.2, 0) is 6.42 Å². The molecule has 2 aromatic heterocycles. The third-order valence-electron chi connectivity index (χ3n) is 3.85. The molecule has 0 bridgehead atoms. The van der Waals surface area contributed by atoms with Crippen LogP contribution in [0.3, 0.4) is 0 Å². The maximum absolute atomic E-state index is 11.6. The van der Waals surface area contributed by atoms with E-state index in [0.29, 0.717) is 5.78 Å². The zero-order chi connectivity index (χ0) is 15.7. The number of aromatic nitrogens is 3. The summed E-state index contributed by atoms with van der Waals surface area (Å²) in [5.41, 5.74) is 4.61. The maximum atomic E-state index is 11.6. The number of imidazole rings is 1. The van der Waals surface area contributed by atoms with Crippen molar-refractivity contribution < 1.29 is 4.79 Å². The zero-order valence-electron chi connectivity index (χ0n) is 12.8. The minimum absolute atomic E-state index is 0.650. The van der Waals surface area contributed by atoms with E-state index in [1.165, 1.54) is 0 Å². The van der Waals surface area contributed by atoms with Gasteiger partial charge >= 0.3 is 0 Å². The molecule has 0 amide bonds. The van der Waals surface area contributed by atoms with Crippen LogP contribution < -0.4 is 0 Å². The van der Waals surface area contributed by atoms with E-state index in [9.17, 15) is 4.79 Å². The maximum Gasteiger partial charge on any atom is 0.235 e. The van der Waals surface area contributed by atoms with Crippen molar-refractivity contribution in [1.29, 1.82) is 0 Å². The van der Waals surface area contributed by atoms with E-state index in [2.05, 4.69) is 16.9 Å². The molecule has 112 valence electrons. The normalized spacial score (nSPS) is 11.0. The van der Waals surface area contributed by atoms with E-state index in [1.807, 2.05) is 48.2 Å². The van der Waals surface area contributed by atoms with Crippen LogP contribution in [0.15, 0.2) is 35.6 Å². The molecule has 1 aromatic carbocycles. The second kappa shape index (κ2) is 5.93. The number of aryl methyl sites for hydroxylation is 1. The molecular formula is C17H17N3OS. The minimum Gasteiger partial charge on any atom is -0.298 e. The average Bonchev–Trinajstić information content (AvgIpc) is 2.96. The molecule has 4 nitrogen and oxygen atoms in total. The molecule has 3 rings (SSSR count). The lowest BCUT2D eigenvalue weighted by molar-refractivity contribution is 0.112. The van der Waals surface area contributed by atoms with Crippen molar-refractivity contribution in [2.24, 2.45) is 0 Å². The Labute approximate surface area is 133 Å². The first kappa shape index (κ1) is 14.8. The molecule has 0 fully saturated rings. The highest BCUT2D eigenvalue weighted by Crippen LogP contribution is 2.27. The van der Waals surface area contributed by atoms with Crippen molar-refractivity contribution in [3.05, 3.63) is 47.3 Å². The molecule has 0 radical (unpaired) electrons. The number of hydrogen-bond acceptors (Lipinski definition) is 4. The predicted octanol–water partition coefficient (Wildman–Crippen LogP) is 3.80. The Morgan fingerprint density at radius 2 is 2.09 bits per heavy atom. The summed E-state index contributed by atoms with van der Waals surface area (Å²) >= 11 is 1.58. The summed E-state index contributed by atoms with van der Waals surface area (Å²) in [7, 11) is 0. The Morgan fingerprint density at radius 3 is 2.77 bits per heavy atom. The van der Waals surface area contributed by atoms with Crippen molar-refractivity contribution in [1.82, 2.24) is 14.4 Å². The average molecular weight is 311 g/mol. The molecule has 0 aliphatic carbocycles. The number of carbonyl (C=O) groups is 1. The SMILES string of the molecule is CCc1c(C)ccc(-c2cn3ccc(SC)nc3n2)c1C=O. The summed E-state index contributed by atoms with van der Waals surface area (Å²) in [5, 5.41) is 0.929. The number of aldehydes is 1. The smallest absolute Gasteiger partial charge is 0.235 e. The highest BCUT2D eigenvalue weighted by atomic mass is 32.2. The van der Waals surface area contributed by atoms with E-state index < -0.39 is 0 Å². The number of rotatable bonds is 4. The largest absolute Gasteiger partial charge is 0.298 e. The second-order valence-corrected chi connectivity index (χ2v) is 5.92. The van der Waals surface area contributed by atoms with Gasteiger partial charge in [0.25, 0.3) is 0 Å². The summed E-state index contributed by atoms with van der Waals surface area (Å²) in [5.74, 6) is 0.650. The lowest BCUT2D eigenvalue weighted by atomic mass is 9.94. The van der Waals surface area contributed by atoms with Gasteiger partial charge in [0.2, 0.25) is 5.78 Å². The van der Waals surface area contributed by atoms with E-state index in [4.69, 9.17) is 0 Å². The molecule has 2 heterocycles. The quantitative estimate of drug-likeness (QED) is 0.418. The van der Waals surface area contributed by atoms with Gasteiger partial charge in [0.05, 0.1) is 5.69 Å². The molecule has 0 atom stereocenters. The van der Waals surface area contributed by atoms with Crippen LogP contribution >= 0.6 is 11.8 Å². The van der Waals surface area contributed by atoms with E-state index in [1.54, 1.807) is 11.8 Å². The Balaban J connectivity index is 2.21. The van der Waals surface area contributed by atoms with Gasteiger partial charge in [-0.3, -0.25) is 9.20 Å². The highest BCUT2D eigenvalue weighted by Gasteiger charge is 2.14. The van der Waals surface area contributed by atoms with Gasteiger partial charge in [0.15, 0.2) is 6.29 Å². The van der Waals surface area contributed by atoms with Crippen LogP contribution in [0.1, 0.15) is 28.4 Å². The van der Waals surface area contributed by atoms with Crippen molar-refractivity contribution in [3.8, 4) is 11.3 Å². The molecule has 0 aliphatic heterocycles. The summed E-state index contributed by atoms with van der Waals surface area (Å²) < 4.78 is 1.88. The van der Waals surface area contributed by atoms with Gasteiger partial charge in [-0.15, -0.1) is 11.8 Å². The summed E-state index contributed by atoms with van der Waals surface area (Å²) in [6.07, 6.45) is 7.62. The molecule has 0 saturated heterocycles. The third-order valence-corrected chi connectivity index (χ3v) is 4.49. The minimum atomic E-state index is 0.650. The molecule has 0 saturated carbocycles. The van der Waals surface area contributed by atoms with Crippen LogP contribution in [0.25, 0.3) is 17.0 Å². The van der Waals surface area contributed by atoms with Gasteiger partial charge in [-0.05, 0) is 36.8 Å². The van der Waals surface area contributed by atoms with Crippen LogP contribution in [0.2, 0.25) is 0 Å².